The molecule has 0 aromatic rings. The first kappa shape index (κ1) is 16.1. The van der Waals surface area contributed by atoms with E-state index in [1.54, 1.807) is 6.92 Å². The van der Waals surface area contributed by atoms with Gasteiger partial charge in [0.2, 0.25) is 0 Å². The molecule has 0 aromatic heterocycles. The Hall–Kier alpha value is -1.30. The number of hydrogen-bond donors (Lipinski definition) is 1. The van der Waals surface area contributed by atoms with Crippen LogP contribution < -0.4 is 5.32 Å². The average Bonchev–Trinajstić information content (AvgIpc) is 3.28. The standard InChI is InChI=1S/C15H25NO5/c1-4-20-14(17)13(16-15(18)19-3)11-7-9(2)21-12(8-11)10-5-6-10/h9-13H,4-8H2,1-3H3,(H,16,18)/t9-,11+,12+,13-/m1/s1. The lowest BCUT2D eigenvalue weighted by atomic mass is 9.84. The number of rotatable bonds is 5. The van der Waals surface area contributed by atoms with E-state index in [9.17, 15) is 9.59 Å². The van der Waals surface area contributed by atoms with Gasteiger partial charge in [0.25, 0.3) is 0 Å². The highest BCUT2D eigenvalue weighted by molar-refractivity contribution is 5.81. The molecule has 1 aliphatic carbocycles. The zero-order chi connectivity index (χ0) is 15.4. The SMILES string of the molecule is CCOC(=O)[C@H](NC(=O)OC)[C@H]1C[C@@H](C)O[C@H](C2CC2)C1. The summed E-state index contributed by atoms with van der Waals surface area (Å²) in [5, 5.41) is 2.63. The fourth-order valence-corrected chi connectivity index (χ4v) is 3.06. The second kappa shape index (κ2) is 7.11. The maximum Gasteiger partial charge on any atom is 0.407 e. The number of carbonyl (C=O) groups excluding carboxylic acids is 2. The largest absolute Gasteiger partial charge is 0.464 e. The molecule has 0 bridgehead atoms. The summed E-state index contributed by atoms with van der Waals surface area (Å²) in [6, 6.07) is -0.662. The van der Waals surface area contributed by atoms with Crippen LogP contribution >= 0.6 is 0 Å². The molecule has 2 rings (SSSR count). The molecule has 1 amide bonds. The molecule has 1 aliphatic heterocycles. The van der Waals surface area contributed by atoms with Crippen LogP contribution in [0.5, 0.6) is 0 Å². The zero-order valence-electron chi connectivity index (χ0n) is 13.0. The molecule has 2 aliphatic rings. The number of nitrogens with one attached hydrogen (secondary N) is 1. The van der Waals surface area contributed by atoms with Crippen molar-refractivity contribution in [2.24, 2.45) is 11.8 Å². The fraction of sp³-hybridized carbons (Fsp3) is 0.867. The van der Waals surface area contributed by atoms with Gasteiger partial charge in [0.05, 0.1) is 25.9 Å². The molecule has 0 unspecified atom stereocenters. The molecule has 120 valence electrons. The molecule has 2 fully saturated rings. The summed E-state index contributed by atoms with van der Waals surface area (Å²) in [7, 11) is 1.29. The number of methoxy groups -OCH3 is 1. The average molecular weight is 299 g/mol. The van der Waals surface area contributed by atoms with Crippen molar-refractivity contribution in [3.63, 3.8) is 0 Å². The van der Waals surface area contributed by atoms with Crippen molar-refractivity contribution >= 4 is 12.1 Å². The Morgan fingerprint density at radius 2 is 2.05 bits per heavy atom. The van der Waals surface area contributed by atoms with Gasteiger partial charge in [-0.05, 0) is 51.4 Å². The number of carbonyl (C=O) groups is 2. The van der Waals surface area contributed by atoms with Crippen molar-refractivity contribution in [1.82, 2.24) is 5.32 Å². The first-order chi connectivity index (χ1) is 10.0. The van der Waals surface area contributed by atoms with Gasteiger partial charge in [0.15, 0.2) is 0 Å². The molecule has 0 spiro atoms. The van der Waals surface area contributed by atoms with E-state index in [1.165, 1.54) is 20.0 Å². The van der Waals surface area contributed by atoms with Crippen molar-refractivity contribution in [2.45, 2.75) is 57.8 Å². The molecule has 1 N–H and O–H groups in total. The second-order valence-corrected chi connectivity index (χ2v) is 5.92. The maximum atomic E-state index is 12.2. The third-order valence-electron chi connectivity index (χ3n) is 4.20. The number of hydrogen-bond acceptors (Lipinski definition) is 5. The van der Waals surface area contributed by atoms with Crippen LogP contribution in [-0.2, 0) is 19.0 Å². The van der Waals surface area contributed by atoms with Gasteiger partial charge in [-0.3, -0.25) is 0 Å². The Morgan fingerprint density at radius 3 is 2.62 bits per heavy atom. The highest BCUT2D eigenvalue weighted by Gasteiger charge is 2.42. The third kappa shape index (κ3) is 4.33. The summed E-state index contributed by atoms with van der Waals surface area (Å²) in [6.45, 7) is 4.07. The number of amides is 1. The predicted octanol–water partition coefficient (Wildman–Crippen LogP) is 1.87. The summed E-state index contributed by atoms with van der Waals surface area (Å²) < 4.78 is 15.7. The van der Waals surface area contributed by atoms with Crippen LogP contribution in [0.1, 0.15) is 39.5 Å². The summed E-state index contributed by atoms with van der Waals surface area (Å²) in [5.41, 5.74) is 0. The van der Waals surface area contributed by atoms with Gasteiger partial charge < -0.3 is 19.5 Å². The van der Waals surface area contributed by atoms with E-state index in [0.29, 0.717) is 12.5 Å². The highest BCUT2D eigenvalue weighted by atomic mass is 16.5. The van der Waals surface area contributed by atoms with Gasteiger partial charge in [0.1, 0.15) is 6.04 Å². The van der Waals surface area contributed by atoms with Crippen LogP contribution in [0.4, 0.5) is 4.79 Å². The summed E-state index contributed by atoms with van der Waals surface area (Å²) in [4.78, 5) is 23.7. The smallest absolute Gasteiger partial charge is 0.407 e. The van der Waals surface area contributed by atoms with E-state index < -0.39 is 18.1 Å². The molecule has 1 saturated carbocycles. The minimum absolute atomic E-state index is 0.0255. The van der Waals surface area contributed by atoms with E-state index >= 15 is 0 Å². The molecule has 0 radical (unpaired) electrons. The van der Waals surface area contributed by atoms with Gasteiger partial charge >= 0.3 is 12.1 Å². The fourth-order valence-electron chi connectivity index (χ4n) is 3.06. The van der Waals surface area contributed by atoms with Crippen LogP contribution in [0.2, 0.25) is 0 Å². The van der Waals surface area contributed by atoms with Gasteiger partial charge in [-0.15, -0.1) is 0 Å². The third-order valence-corrected chi connectivity index (χ3v) is 4.20. The van der Waals surface area contributed by atoms with E-state index in [-0.39, 0.29) is 18.1 Å². The quantitative estimate of drug-likeness (QED) is 0.784. The molecule has 0 aromatic carbocycles. The van der Waals surface area contributed by atoms with Crippen LogP contribution in [0.3, 0.4) is 0 Å². The summed E-state index contributed by atoms with van der Waals surface area (Å²) in [5.74, 6) is 0.241. The van der Waals surface area contributed by atoms with E-state index in [2.05, 4.69) is 10.1 Å². The summed E-state index contributed by atoms with van der Waals surface area (Å²) in [6.07, 6.45) is 3.58. The number of ether oxygens (including phenoxy) is 3. The number of esters is 1. The van der Waals surface area contributed by atoms with Crippen molar-refractivity contribution in [1.29, 1.82) is 0 Å². The Bertz CT molecular complexity index is 382. The predicted molar refractivity (Wildman–Crippen MR) is 75.7 cm³/mol. The van der Waals surface area contributed by atoms with Crippen LogP contribution in [0.15, 0.2) is 0 Å². The van der Waals surface area contributed by atoms with Gasteiger partial charge in [0, 0.05) is 0 Å². The highest BCUT2D eigenvalue weighted by Crippen LogP contribution is 2.41. The Morgan fingerprint density at radius 1 is 1.33 bits per heavy atom. The van der Waals surface area contributed by atoms with E-state index in [4.69, 9.17) is 9.47 Å². The summed E-state index contributed by atoms with van der Waals surface area (Å²) >= 11 is 0. The van der Waals surface area contributed by atoms with Crippen molar-refractivity contribution in [3.05, 3.63) is 0 Å². The topological polar surface area (TPSA) is 73.9 Å². The monoisotopic (exact) mass is 299 g/mol. The molecule has 1 heterocycles. The van der Waals surface area contributed by atoms with Gasteiger partial charge in [-0.2, -0.15) is 0 Å². The Labute approximate surface area is 125 Å². The molecule has 6 heteroatoms. The van der Waals surface area contributed by atoms with Crippen molar-refractivity contribution in [2.75, 3.05) is 13.7 Å². The number of alkyl carbamates (subject to hydrolysis) is 1. The molecular formula is C15H25NO5. The van der Waals surface area contributed by atoms with Crippen LogP contribution in [0, 0.1) is 11.8 Å². The zero-order valence-corrected chi connectivity index (χ0v) is 13.0. The second-order valence-electron chi connectivity index (χ2n) is 5.92. The van der Waals surface area contributed by atoms with E-state index in [1.807, 2.05) is 6.92 Å². The lowest BCUT2D eigenvalue weighted by Gasteiger charge is -2.37. The first-order valence-electron chi connectivity index (χ1n) is 7.71. The van der Waals surface area contributed by atoms with Crippen LogP contribution in [0.25, 0.3) is 0 Å². The minimum Gasteiger partial charge on any atom is -0.464 e. The molecular weight excluding hydrogens is 274 g/mol. The van der Waals surface area contributed by atoms with Crippen LogP contribution in [-0.4, -0.2) is 44.0 Å². The van der Waals surface area contributed by atoms with Gasteiger partial charge in [-0.25, -0.2) is 9.59 Å². The lowest BCUT2D eigenvalue weighted by molar-refractivity contribution is -0.150. The molecule has 4 atom stereocenters. The van der Waals surface area contributed by atoms with E-state index in [0.717, 1.165) is 12.8 Å². The first-order valence-corrected chi connectivity index (χ1v) is 7.71. The Kier molecular flexibility index (Phi) is 5.45. The minimum atomic E-state index is -0.662. The van der Waals surface area contributed by atoms with Gasteiger partial charge in [-0.1, -0.05) is 0 Å². The lowest BCUT2D eigenvalue weighted by Crippen LogP contribution is -2.50. The maximum absolute atomic E-state index is 12.2. The normalized spacial score (nSPS) is 30.3. The Balaban J connectivity index is 2.05. The molecule has 6 nitrogen and oxygen atoms in total. The van der Waals surface area contributed by atoms with Crippen molar-refractivity contribution < 1.29 is 23.8 Å². The molecule has 1 saturated heterocycles. The molecule has 21 heavy (non-hydrogen) atoms. The van der Waals surface area contributed by atoms with Crippen molar-refractivity contribution in [3.8, 4) is 0 Å².